The summed E-state index contributed by atoms with van der Waals surface area (Å²) in [6.07, 6.45) is 2.14. The van der Waals surface area contributed by atoms with Crippen LogP contribution in [0.5, 0.6) is 5.75 Å². The molecule has 0 radical (unpaired) electrons. The van der Waals surface area contributed by atoms with E-state index in [1.54, 1.807) is 13.3 Å². The Bertz CT molecular complexity index is 1540. The van der Waals surface area contributed by atoms with Crippen LogP contribution in [0.3, 0.4) is 0 Å². The number of pyridine rings is 1. The summed E-state index contributed by atoms with van der Waals surface area (Å²) in [6, 6.07) is 7.23. The van der Waals surface area contributed by atoms with Crippen LogP contribution in [0.4, 0.5) is 13.2 Å². The lowest BCUT2D eigenvalue weighted by molar-refractivity contribution is -0.153. The van der Waals surface area contributed by atoms with Crippen molar-refractivity contribution >= 4 is 16.9 Å². The second-order valence-electron chi connectivity index (χ2n) is 11.4. The first-order valence-electron chi connectivity index (χ1n) is 14.7. The van der Waals surface area contributed by atoms with Crippen LogP contribution < -0.4 is 4.74 Å². The summed E-state index contributed by atoms with van der Waals surface area (Å²) < 4.78 is 51.1. The molecule has 0 amide bonds. The van der Waals surface area contributed by atoms with Gasteiger partial charge in [-0.2, -0.15) is 0 Å². The number of aliphatic hydroxyl groups is 1. The van der Waals surface area contributed by atoms with Crippen LogP contribution in [0.15, 0.2) is 36.5 Å². The zero-order chi connectivity index (χ0) is 31.3. The molecule has 44 heavy (non-hydrogen) atoms. The maximum atomic E-state index is 13.5. The topological polar surface area (TPSA) is 95.4 Å². The summed E-state index contributed by atoms with van der Waals surface area (Å²) in [5, 5.41) is 22.7. The average Bonchev–Trinajstić information content (AvgIpc) is 3.03. The molecule has 1 aromatic heterocycles. The molecular formula is C33H36F3N3O5. The van der Waals surface area contributed by atoms with Crippen molar-refractivity contribution in [2.45, 2.75) is 38.3 Å². The van der Waals surface area contributed by atoms with E-state index in [9.17, 15) is 28.2 Å². The number of ether oxygens (including phenoxy) is 2. The molecule has 2 N–H and O–H groups in total. The van der Waals surface area contributed by atoms with Crippen molar-refractivity contribution in [2.75, 3.05) is 53.0 Å². The molecule has 5 rings (SSSR count). The minimum absolute atomic E-state index is 0.0292. The van der Waals surface area contributed by atoms with E-state index in [1.807, 2.05) is 23.1 Å². The molecule has 2 aliphatic rings. The number of piperidine rings is 1. The smallest absolute Gasteiger partial charge is 0.309 e. The van der Waals surface area contributed by atoms with Gasteiger partial charge in [0.25, 0.3) is 0 Å². The number of methoxy groups -OCH3 is 1. The van der Waals surface area contributed by atoms with Gasteiger partial charge in [0.2, 0.25) is 0 Å². The molecule has 2 aromatic carbocycles. The van der Waals surface area contributed by atoms with E-state index in [2.05, 4.69) is 21.7 Å². The number of likely N-dealkylation sites (tertiary alicyclic amines) is 1. The number of hydrogen-bond acceptors (Lipinski definition) is 7. The SMILES string of the molecule is COc1ccc2ncc(CN3CCOCC3)c(C(O)CCC3(C(=O)O)CCN(CC#Cc4cc(F)c(F)c(F)c4)CC3)c2c1. The average molecular weight is 612 g/mol. The van der Waals surface area contributed by atoms with Crippen LogP contribution in [0.2, 0.25) is 0 Å². The van der Waals surface area contributed by atoms with Crippen molar-refractivity contribution in [3.63, 3.8) is 0 Å². The minimum atomic E-state index is -1.54. The highest BCUT2D eigenvalue weighted by molar-refractivity contribution is 5.85. The summed E-state index contributed by atoms with van der Waals surface area (Å²) in [6.45, 7) is 4.60. The summed E-state index contributed by atoms with van der Waals surface area (Å²) in [5.74, 6) is 1.10. The Labute approximate surface area is 254 Å². The number of hydrogen-bond donors (Lipinski definition) is 2. The second kappa shape index (κ2) is 13.9. The summed E-state index contributed by atoms with van der Waals surface area (Å²) >= 11 is 0. The van der Waals surface area contributed by atoms with Crippen molar-refractivity contribution in [3.8, 4) is 17.6 Å². The molecule has 234 valence electrons. The molecule has 2 saturated heterocycles. The lowest BCUT2D eigenvalue weighted by atomic mass is 9.73. The molecule has 2 fully saturated rings. The van der Waals surface area contributed by atoms with E-state index < -0.39 is 34.9 Å². The first-order valence-corrected chi connectivity index (χ1v) is 14.7. The molecule has 3 heterocycles. The lowest BCUT2D eigenvalue weighted by Crippen LogP contribution is -2.44. The second-order valence-corrected chi connectivity index (χ2v) is 11.4. The number of fused-ring (bicyclic) bond motifs is 1. The van der Waals surface area contributed by atoms with E-state index in [0.717, 1.165) is 47.3 Å². The van der Waals surface area contributed by atoms with Gasteiger partial charge >= 0.3 is 5.97 Å². The van der Waals surface area contributed by atoms with Gasteiger partial charge in [0.05, 0.1) is 43.9 Å². The number of carboxylic acid groups (broad SMARTS) is 1. The highest BCUT2D eigenvalue weighted by Crippen LogP contribution is 2.40. The normalized spacial score (nSPS) is 18.0. The van der Waals surface area contributed by atoms with Crippen molar-refractivity contribution < 1.29 is 37.7 Å². The van der Waals surface area contributed by atoms with Gasteiger partial charge in [0, 0.05) is 49.9 Å². The highest BCUT2D eigenvalue weighted by Gasteiger charge is 2.41. The molecular weight excluding hydrogens is 575 g/mol. The molecule has 0 saturated carbocycles. The molecule has 1 atom stereocenters. The number of halogens is 3. The van der Waals surface area contributed by atoms with E-state index in [1.165, 1.54) is 0 Å². The number of aliphatic carboxylic acids is 1. The Morgan fingerprint density at radius 1 is 1.09 bits per heavy atom. The Kier molecular flexibility index (Phi) is 10.1. The first kappa shape index (κ1) is 31.7. The molecule has 1 unspecified atom stereocenters. The van der Waals surface area contributed by atoms with Gasteiger partial charge in [-0.3, -0.25) is 19.6 Å². The summed E-state index contributed by atoms with van der Waals surface area (Å²) in [5.41, 5.74) is 1.36. The molecule has 2 aliphatic heterocycles. The quantitative estimate of drug-likeness (QED) is 0.270. The van der Waals surface area contributed by atoms with E-state index in [4.69, 9.17) is 9.47 Å². The van der Waals surface area contributed by atoms with Gasteiger partial charge in [0.15, 0.2) is 17.5 Å². The van der Waals surface area contributed by atoms with Crippen LogP contribution >= 0.6 is 0 Å². The number of nitrogens with zero attached hydrogens (tertiary/aromatic N) is 3. The van der Waals surface area contributed by atoms with E-state index in [0.29, 0.717) is 51.4 Å². The van der Waals surface area contributed by atoms with Gasteiger partial charge in [-0.05, 0) is 67.1 Å². The van der Waals surface area contributed by atoms with Crippen molar-refractivity contribution in [3.05, 3.63) is 70.7 Å². The van der Waals surface area contributed by atoms with Crippen molar-refractivity contribution in [1.82, 2.24) is 14.8 Å². The number of benzene rings is 2. The van der Waals surface area contributed by atoms with E-state index >= 15 is 0 Å². The monoisotopic (exact) mass is 611 g/mol. The fourth-order valence-corrected chi connectivity index (χ4v) is 6.03. The zero-order valence-electron chi connectivity index (χ0n) is 24.6. The number of carboxylic acids is 1. The Hall–Kier alpha value is -3.69. The summed E-state index contributed by atoms with van der Waals surface area (Å²) in [7, 11) is 1.58. The highest BCUT2D eigenvalue weighted by atomic mass is 19.2. The fraction of sp³-hybridized carbons (Fsp3) is 0.455. The maximum Gasteiger partial charge on any atom is 0.309 e. The van der Waals surface area contributed by atoms with Gasteiger partial charge in [0.1, 0.15) is 5.75 Å². The third-order valence-corrected chi connectivity index (χ3v) is 8.71. The van der Waals surface area contributed by atoms with Crippen molar-refractivity contribution in [1.29, 1.82) is 0 Å². The Balaban J connectivity index is 1.28. The van der Waals surface area contributed by atoms with Crippen molar-refractivity contribution in [2.24, 2.45) is 5.41 Å². The fourth-order valence-electron chi connectivity index (χ4n) is 6.03. The Morgan fingerprint density at radius 2 is 1.80 bits per heavy atom. The molecule has 8 nitrogen and oxygen atoms in total. The maximum absolute atomic E-state index is 13.5. The standard InChI is InChI=1S/C33H36F3N3O5/c1-43-24-4-5-28-25(19-24)30(23(20-37-28)21-39-13-15-44-16-14-39)29(40)6-7-33(32(41)42)8-11-38(12-9-33)10-2-3-22-17-26(34)31(36)27(35)18-22/h4-5,17-20,29,40H,6-16,21H2,1H3,(H,41,42). The van der Waals surface area contributed by atoms with E-state index in [-0.39, 0.29) is 24.9 Å². The third-order valence-electron chi connectivity index (χ3n) is 8.71. The minimum Gasteiger partial charge on any atom is -0.497 e. The van der Waals surface area contributed by atoms with Gasteiger partial charge in [-0.25, -0.2) is 13.2 Å². The Morgan fingerprint density at radius 3 is 2.45 bits per heavy atom. The predicted octanol–water partition coefficient (Wildman–Crippen LogP) is 4.53. The van der Waals surface area contributed by atoms with Crippen LogP contribution in [-0.4, -0.2) is 84.0 Å². The predicted molar refractivity (Wildman–Crippen MR) is 158 cm³/mol. The number of rotatable bonds is 9. The molecule has 0 spiro atoms. The van der Waals surface area contributed by atoms with Crippen LogP contribution in [0.1, 0.15) is 48.5 Å². The number of morpholine rings is 1. The molecule has 11 heteroatoms. The van der Waals surface area contributed by atoms with Gasteiger partial charge < -0.3 is 19.7 Å². The lowest BCUT2D eigenvalue weighted by Gasteiger charge is -2.38. The van der Waals surface area contributed by atoms with Crippen LogP contribution in [-0.2, 0) is 16.1 Å². The molecule has 3 aromatic rings. The largest absolute Gasteiger partial charge is 0.497 e. The van der Waals surface area contributed by atoms with Gasteiger partial charge in [-0.1, -0.05) is 11.8 Å². The van der Waals surface area contributed by atoms with Crippen LogP contribution in [0, 0.1) is 34.7 Å². The zero-order valence-corrected chi connectivity index (χ0v) is 24.6. The molecule has 0 bridgehead atoms. The number of carbonyl (C=O) groups is 1. The summed E-state index contributed by atoms with van der Waals surface area (Å²) in [4.78, 5) is 21.4. The first-order chi connectivity index (χ1) is 21.2. The third kappa shape index (κ3) is 7.16. The number of aliphatic hydroxyl groups excluding tert-OH is 1. The molecule has 0 aliphatic carbocycles. The van der Waals surface area contributed by atoms with Gasteiger partial charge in [-0.15, -0.1) is 0 Å². The van der Waals surface area contributed by atoms with Crippen LogP contribution in [0.25, 0.3) is 10.9 Å². The number of aromatic nitrogens is 1.